The third-order valence-electron chi connectivity index (χ3n) is 0.456. The molecule has 2 N–H and O–H groups in total. The second kappa shape index (κ2) is 4.58. The van der Waals surface area contributed by atoms with Crippen molar-refractivity contribution in [3.63, 3.8) is 0 Å². The van der Waals surface area contributed by atoms with Gasteiger partial charge in [-0.25, -0.2) is 4.21 Å². The van der Waals surface area contributed by atoms with Gasteiger partial charge in [-0.3, -0.25) is 5.14 Å². The predicted octanol–water partition coefficient (Wildman–Crippen LogP) is -0.0809. The molecule has 0 spiro atoms. The Balaban J connectivity index is 3.18. The third kappa shape index (κ3) is 5.42. The average Bonchev–Trinajstić information content (AvgIpc) is 1.66. The number of azide groups is 1. The third-order valence-corrected chi connectivity index (χ3v) is 1.04. The summed E-state index contributed by atoms with van der Waals surface area (Å²) in [6.45, 7) is 0.208. The minimum Gasteiger partial charge on any atom is -0.252 e. The summed E-state index contributed by atoms with van der Waals surface area (Å²) in [6, 6.07) is 0. The van der Waals surface area contributed by atoms with Gasteiger partial charge < -0.3 is 0 Å². The first-order valence-corrected chi connectivity index (χ1v) is 3.29. The van der Waals surface area contributed by atoms with Crippen molar-refractivity contribution in [3.8, 4) is 0 Å². The van der Waals surface area contributed by atoms with Crippen LogP contribution in [0.3, 0.4) is 0 Å². The Morgan fingerprint density at radius 2 is 2.50 bits per heavy atom. The van der Waals surface area contributed by atoms with Crippen LogP contribution in [-0.2, 0) is 11.0 Å². The van der Waals surface area contributed by atoms with Crippen molar-refractivity contribution in [2.45, 2.75) is 0 Å². The maximum atomic E-state index is 10.0. The topological polar surface area (TPSA) is 91.8 Å². The average molecular weight is 134 g/mol. The Morgan fingerprint density at radius 1 is 1.88 bits per heavy atom. The van der Waals surface area contributed by atoms with Crippen molar-refractivity contribution in [2.75, 3.05) is 12.3 Å². The number of rotatable bonds is 3. The minimum absolute atomic E-state index is 0.208. The Hall–Kier alpha value is -0.580. The number of hydrogen-bond acceptors (Lipinski definition) is 2. The second-order valence-corrected chi connectivity index (χ2v) is 2.21. The van der Waals surface area contributed by atoms with Crippen molar-refractivity contribution >= 4 is 11.0 Å². The molecular weight excluding hydrogens is 128 g/mol. The molecule has 0 aromatic carbocycles. The summed E-state index contributed by atoms with van der Waals surface area (Å²) in [6.07, 6.45) is 0. The predicted molar refractivity (Wildman–Crippen MR) is 31.2 cm³/mol. The van der Waals surface area contributed by atoms with E-state index in [0.717, 1.165) is 0 Å². The van der Waals surface area contributed by atoms with E-state index < -0.39 is 11.0 Å². The molecule has 0 aromatic heterocycles. The lowest BCUT2D eigenvalue weighted by Gasteiger charge is -1.83. The summed E-state index contributed by atoms with van der Waals surface area (Å²) >= 11 is 0. The highest BCUT2D eigenvalue weighted by molar-refractivity contribution is 7.82. The van der Waals surface area contributed by atoms with Gasteiger partial charge in [-0.15, -0.1) is 0 Å². The fourth-order valence-corrected chi connectivity index (χ4v) is 0.437. The van der Waals surface area contributed by atoms with Crippen LogP contribution in [0.2, 0.25) is 0 Å². The molecule has 46 valence electrons. The van der Waals surface area contributed by atoms with E-state index in [0.29, 0.717) is 0 Å². The van der Waals surface area contributed by atoms with Gasteiger partial charge in [0.25, 0.3) is 0 Å². The number of nitrogens with two attached hydrogens (primary N) is 1. The Morgan fingerprint density at radius 3 is 2.88 bits per heavy atom. The van der Waals surface area contributed by atoms with Crippen molar-refractivity contribution in [2.24, 2.45) is 10.3 Å². The summed E-state index contributed by atoms with van der Waals surface area (Å²) in [7, 11) is -1.33. The zero-order valence-corrected chi connectivity index (χ0v) is 4.97. The van der Waals surface area contributed by atoms with E-state index >= 15 is 0 Å². The smallest absolute Gasteiger partial charge is 0.0889 e. The van der Waals surface area contributed by atoms with Gasteiger partial charge in [0, 0.05) is 17.2 Å². The summed E-state index contributed by atoms with van der Waals surface area (Å²) < 4.78 is 10.0. The maximum absolute atomic E-state index is 10.0. The number of hydrogen-bond donors (Lipinski definition) is 1. The van der Waals surface area contributed by atoms with Crippen LogP contribution in [0.25, 0.3) is 10.4 Å². The molecule has 0 saturated carbocycles. The van der Waals surface area contributed by atoms with Crippen molar-refractivity contribution in [1.29, 1.82) is 0 Å². The quantitative estimate of drug-likeness (QED) is 0.326. The monoisotopic (exact) mass is 134 g/mol. The van der Waals surface area contributed by atoms with E-state index in [2.05, 4.69) is 10.0 Å². The highest BCUT2D eigenvalue weighted by atomic mass is 32.2. The molecule has 1 atom stereocenters. The zero-order valence-electron chi connectivity index (χ0n) is 4.15. The highest BCUT2D eigenvalue weighted by Gasteiger charge is 1.85. The van der Waals surface area contributed by atoms with Crippen LogP contribution in [0, 0.1) is 0 Å². The fraction of sp³-hybridized carbons (Fsp3) is 1.00. The first-order chi connectivity index (χ1) is 3.77. The molecule has 5 nitrogen and oxygen atoms in total. The molecule has 1 unspecified atom stereocenters. The highest BCUT2D eigenvalue weighted by Crippen LogP contribution is 1.72. The summed E-state index contributed by atoms with van der Waals surface area (Å²) in [5.41, 5.74) is 7.70. The molecule has 0 heterocycles. The van der Waals surface area contributed by atoms with Crippen molar-refractivity contribution in [1.82, 2.24) is 0 Å². The van der Waals surface area contributed by atoms with Gasteiger partial charge in [-0.2, -0.15) is 0 Å². The maximum Gasteiger partial charge on any atom is 0.0889 e. The lowest BCUT2D eigenvalue weighted by atomic mass is 10.8. The first-order valence-electron chi connectivity index (χ1n) is 1.91. The standard InChI is InChI=1S/C2H6N4OS/c3-6-5-1-2-8(4)7/h1-2,4H2. The molecule has 0 aromatic rings. The van der Waals surface area contributed by atoms with E-state index in [1.54, 1.807) is 0 Å². The van der Waals surface area contributed by atoms with Gasteiger partial charge in [-0.1, -0.05) is 5.11 Å². The van der Waals surface area contributed by atoms with Gasteiger partial charge in [0.15, 0.2) is 0 Å². The molecule has 6 heteroatoms. The van der Waals surface area contributed by atoms with Gasteiger partial charge >= 0.3 is 0 Å². The lowest BCUT2D eigenvalue weighted by Crippen LogP contribution is -2.08. The van der Waals surface area contributed by atoms with E-state index in [-0.39, 0.29) is 12.3 Å². The Kier molecular flexibility index (Phi) is 4.24. The molecule has 0 rings (SSSR count). The van der Waals surface area contributed by atoms with Crippen LogP contribution in [0.5, 0.6) is 0 Å². The molecule has 0 aliphatic heterocycles. The molecule has 0 bridgehead atoms. The zero-order chi connectivity index (χ0) is 6.41. The largest absolute Gasteiger partial charge is 0.252 e. The van der Waals surface area contributed by atoms with E-state index in [9.17, 15) is 4.21 Å². The Bertz CT molecular complexity index is 126. The lowest BCUT2D eigenvalue weighted by molar-refractivity contribution is 0.684. The van der Waals surface area contributed by atoms with Gasteiger partial charge in [0.1, 0.15) is 0 Å². The molecule has 8 heavy (non-hydrogen) atoms. The second-order valence-electron chi connectivity index (χ2n) is 1.04. The normalized spacial score (nSPS) is 12.1. The van der Waals surface area contributed by atoms with Crippen LogP contribution >= 0.6 is 0 Å². The molecule has 0 aliphatic carbocycles. The Labute approximate surface area is 49.1 Å². The number of nitrogens with zero attached hydrogens (tertiary/aromatic N) is 3. The molecule has 0 radical (unpaired) electrons. The SMILES string of the molecule is [N-]=[N+]=NCCS(N)=O. The molecule has 0 amide bonds. The van der Waals surface area contributed by atoms with Crippen LogP contribution in [0.1, 0.15) is 0 Å². The fourth-order valence-electron chi connectivity index (χ4n) is 0.176. The summed E-state index contributed by atoms with van der Waals surface area (Å²) in [5.74, 6) is 0.240. The summed E-state index contributed by atoms with van der Waals surface area (Å²) in [5, 5.41) is 7.94. The van der Waals surface area contributed by atoms with Gasteiger partial charge in [0.05, 0.1) is 11.0 Å². The van der Waals surface area contributed by atoms with E-state index in [1.165, 1.54) is 0 Å². The van der Waals surface area contributed by atoms with Crippen LogP contribution in [0.15, 0.2) is 5.11 Å². The molecule has 0 aliphatic rings. The first kappa shape index (κ1) is 7.42. The van der Waals surface area contributed by atoms with Crippen molar-refractivity contribution in [3.05, 3.63) is 10.4 Å². The minimum atomic E-state index is -1.33. The molecule has 0 fully saturated rings. The van der Waals surface area contributed by atoms with Gasteiger partial charge in [-0.05, 0) is 5.53 Å². The molecular formula is C2H6N4OS. The van der Waals surface area contributed by atoms with Crippen LogP contribution in [-0.4, -0.2) is 16.5 Å². The van der Waals surface area contributed by atoms with Crippen molar-refractivity contribution < 1.29 is 4.21 Å². The van der Waals surface area contributed by atoms with E-state index in [4.69, 9.17) is 10.7 Å². The summed E-state index contributed by atoms with van der Waals surface area (Å²) in [4.78, 5) is 2.44. The molecule has 0 saturated heterocycles. The van der Waals surface area contributed by atoms with Crippen LogP contribution in [0.4, 0.5) is 0 Å². The van der Waals surface area contributed by atoms with Gasteiger partial charge in [0.2, 0.25) is 0 Å². The van der Waals surface area contributed by atoms with Crippen LogP contribution < -0.4 is 5.14 Å². The van der Waals surface area contributed by atoms with E-state index in [1.807, 2.05) is 0 Å².